The van der Waals surface area contributed by atoms with E-state index in [0.717, 1.165) is 0 Å². The number of hydrogen-bond donors (Lipinski definition) is 1. The van der Waals surface area contributed by atoms with Gasteiger partial charge >= 0.3 is 13.6 Å². The van der Waals surface area contributed by atoms with Crippen LogP contribution in [0, 0.1) is 0 Å². The monoisotopic (exact) mass is 222 g/mol. The van der Waals surface area contributed by atoms with Crippen molar-refractivity contribution in [3.8, 4) is 0 Å². The number of allylic oxidation sites excluding steroid dienone is 1. The van der Waals surface area contributed by atoms with Crippen molar-refractivity contribution < 1.29 is 23.5 Å². The summed E-state index contributed by atoms with van der Waals surface area (Å²) in [5.41, 5.74) is 0.455. The summed E-state index contributed by atoms with van der Waals surface area (Å²) in [6.07, 6.45) is 1.01. The second-order valence-corrected chi connectivity index (χ2v) is 4.58. The van der Waals surface area contributed by atoms with Crippen LogP contribution >= 0.6 is 7.60 Å². The minimum Gasteiger partial charge on any atom is -0.466 e. The second-order valence-electron chi connectivity index (χ2n) is 2.73. The molecule has 0 heterocycles. The van der Waals surface area contributed by atoms with Crippen LogP contribution in [0.5, 0.6) is 0 Å². The molecular formula is C8H15O5P. The molecule has 6 heteroatoms. The van der Waals surface area contributed by atoms with Gasteiger partial charge in [0.05, 0.1) is 19.9 Å². The Labute approximate surface area is 83.3 Å². The number of carbonyl (C=O) groups is 1. The molecule has 0 bridgehead atoms. The van der Waals surface area contributed by atoms with Crippen molar-refractivity contribution in [2.45, 2.75) is 13.8 Å². The first-order chi connectivity index (χ1) is 6.41. The standard InChI is InChI=1S/C8H15O5P/c1-4-13-14(10,11)6-7(2)5-8(9)12-3/h5H,4,6H2,1-3H3,(H,10,11). The second kappa shape index (κ2) is 5.96. The summed E-state index contributed by atoms with van der Waals surface area (Å²) < 4.78 is 20.2. The number of hydrogen-bond acceptors (Lipinski definition) is 4. The fourth-order valence-corrected chi connectivity index (χ4v) is 2.08. The molecular weight excluding hydrogens is 207 g/mol. The smallest absolute Gasteiger partial charge is 0.332 e. The normalized spacial score (nSPS) is 16.1. The molecule has 0 aliphatic heterocycles. The Bertz CT molecular complexity index is 271. The van der Waals surface area contributed by atoms with Crippen molar-refractivity contribution in [1.82, 2.24) is 0 Å². The van der Waals surface area contributed by atoms with E-state index in [2.05, 4.69) is 9.26 Å². The molecule has 0 aromatic carbocycles. The van der Waals surface area contributed by atoms with Crippen LogP contribution in [0.4, 0.5) is 0 Å². The maximum Gasteiger partial charge on any atom is 0.332 e. The van der Waals surface area contributed by atoms with E-state index < -0.39 is 13.6 Å². The van der Waals surface area contributed by atoms with Gasteiger partial charge in [-0.15, -0.1) is 0 Å². The summed E-state index contributed by atoms with van der Waals surface area (Å²) in [6, 6.07) is 0. The van der Waals surface area contributed by atoms with Crippen LogP contribution < -0.4 is 0 Å². The van der Waals surface area contributed by atoms with Gasteiger partial charge in [-0.1, -0.05) is 5.57 Å². The minimum absolute atomic E-state index is 0.157. The lowest BCUT2D eigenvalue weighted by Gasteiger charge is -2.10. The highest BCUT2D eigenvalue weighted by molar-refractivity contribution is 7.53. The summed E-state index contributed by atoms with van der Waals surface area (Å²) in [4.78, 5) is 20.0. The molecule has 0 fully saturated rings. The van der Waals surface area contributed by atoms with Gasteiger partial charge in [-0.3, -0.25) is 4.57 Å². The summed E-state index contributed by atoms with van der Waals surface area (Å²) in [7, 11) is -2.35. The quantitative estimate of drug-likeness (QED) is 0.431. The van der Waals surface area contributed by atoms with Gasteiger partial charge in [-0.2, -0.15) is 0 Å². The molecule has 0 aliphatic rings. The molecule has 0 saturated heterocycles. The molecule has 0 amide bonds. The summed E-state index contributed by atoms with van der Waals surface area (Å²) in [6.45, 7) is 3.36. The molecule has 0 aliphatic carbocycles. The van der Waals surface area contributed by atoms with E-state index in [1.54, 1.807) is 13.8 Å². The Balaban J connectivity index is 4.31. The average Bonchev–Trinajstić information content (AvgIpc) is 2.02. The highest BCUT2D eigenvalue weighted by atomic mass is 31.2. The van der Waals surface area contributed by atoms with E-state index in [1.807, 2.05) is 0 Å². The Kier molecular flexibility index (Phi) is 5.69. The van der Waals surface area contributed by atoms with Crippen molar-refractivity contribution in [3.05, 3.63) is 11.6 Å². The van der Waals surface area contributed by atoms with E-state index in [0.29, 0.717) is 5.57 Å². The van der Waals surface area contributed by atoms with Gasteiger partial charge in [0.1, 0.15) is 0 Å². The van der Waals surface area contributed by atoms with Crippen molar-refractivity contribution in [1.29, 1.82) is 0 Å². The lowest BCUT2D eigenvalue weighted by Crippen LogP contribution is -2.00. The van der Waals surface area contributed by atoms with Crippen LogP contribution in [0.1, 0.15) is 13.8 Å². The molecule has 1 N–H and O–H groups in total. The summed E-state index contributed by atoms with van der Waals surface area (Å²) in [5.74, 6) is -0.543. The van der Waals surface area contributed by atoms with Crippen LogP contribution in [0.2, 0.25) is 0 Å². The molecule has 5 nitrogen and oxygen atoms in total. The molecule has 14 heavy (non-hydrogen) atoms. The number of ether oxygens (including phenoxy) is 1. The number of rotatable bonds is 5. The summed E-state index contributed by atoms with van der Waals surface area (Å²) >= 11 is 0. The Morgan fingerprint density at radius 2 is 2.14 bits per heavy atom. The molecule has 0 aromatic heterocycles. The van der Waals surface area contributed by atoms with Crippen LogP contribution in [-0.4, -0.2) is 30.7 Å². The topological polar surface area (TPSA) is 72.8 Å². The molecule has 82 valence electrons. The zero-order chi connectivity index (χ0) is 11.2. The molecule has 1 atom stereocenters. The van der Waals surface area contributed by atoms with Crippen LogP contribution in [0.25, 0.3) is 0 Å². The molecule has 0 rings (SSSR count). The van der Waals surface area contributed by atoms with Gasteiger partial charge < -0.3 is 14.2 Å². The minimum atomic E-state index is -3.59. The van der Waals surface area contributed by atoms with Crippen LogP contribution in [0.15, 0.2) is 11.6 Å². The van der Waals surface area contributed by atoms with E-state index >= 15 is 0 Å². The van der Waals surface area contributed by atoms with E-state index in [4.69, 9.17) is 0 Å². The van der Waals surface area contributed by atoms with Crippen molar-refractivity contribution in [2.75, 3.05) is 19.9 Å². The van der Waals surface area contributed by atoms with Gasteiger partial charge in [0.25, 0.3) is 0 Å². The van der Waals surface area contributed by atoms with Gasteiger partial charge in [-0.25, -0.2) is 4.79 Å². The third-order valence-electron chi connectivity index (χ3n) is 1.35. The predicted octanol–water partition coefficient (Wildman–Crippen LogP) is 1.33. The third-order valence-corrected chi connectivity index (χ3v) is 2.91. The number of esters is 1. The van der Waals surface area contributed by atoms with Crippen molar-refractivity contribution >= 4 is 13.6 Å². The highest BCUT2D eigenvalue weighted by Crippen LogP contribution is 2.43. The molecule has 0 radical (unpaired) electrons. The Morgan fingerprint density at radius 3 is 2.57 bits per heavy atom. The first kappa shape index (κ1) is 13.4. The fraction of sp³-hybridized carbons (Fsp3) is 0.625. The predicted molar refractivity (Wildman–Crippen MR) is 52.1 cm³/mol. The Morgan fingerprint density at radius 1 is 1.57 bits per heavy atom. The lowest BCUT2D eigenvalue weighted by atomic mass is 10.3. The van der Waals surface area contributed by atoms with Crippen molar-refractivity contribution in [2.24, 2.45) is 0 Å². The van der Waals surface area contributed by atoms with E-state index in [1.165, 1.54) is 13.2 Å². The average molecular weight is 222 g/mol. The first-order valence-electron chi connectivity index (χ1n) is 4.12. The van der Waals surface area contributed by atoms with Crippen molar-refractivity contribution in [3.63, 3.8) is 0 Å². The Hall–Kier alpha value is -0.640. The third kappa shape index (κ3) is 5.91. The molecule has 0 aromatic rings. The van der Waals surface area contributed by atoms with E-state index in [9.17, 15) is 14.3 Å². The molecule has 0 spiro atoms. The lowest BCUT2D eigenvalue weighted by molar-refractivity contribution is -0.134. The zero-order valence-corrected chi connectivity index (χ0v) is 9.41. The summed E-state index contributed by atoms with van der Waals surface area (Å²) in [5, 5.41) is 0. The fourth-order valence-electron chi connectivity index (χ4n) is 0.868. The largest absolute Gasteiger partial charge is 0.466 e. The van der Waals surface area contributed by atoms with E-state index in [-0.39, 0.29) is 12.8 Å². The first-order valence-corrected chi connectivity index (χ1v) is 5.89. The van der Waals surface area contributed by atoms with Gasteiger partial charge in [0, 0.05) is 6.08 Å². The van der Waals surface area contributed by atoms with Gasteiger partial charge in [0.15, 0.2) is 0 Å². The number of methoxy groups -OCH3 is 1. The van der Waals surface area contributed by atoms with Gasteiger partial charge in [-0.05, 0) is 13.8 Å². The molecule has 1 unspecified atom stereocenters. The van der Waals surface area contributed by atoms with Crippen LogP contribution in [0.3, 0.4) is 0 Å². The maximum atomic E-state index is 11.2. The number of carbonyl (C=O) groups excluding carboxylic acids is 1. The molecule has 0 saturated carbocycles. The maximum absolute atomic E-state index is 11.2. The van der Waals surface area contributed by atoms with Gasteiger partial charge in [0.2, 0.25) is 0 Å². The highest BCUT2D eigenvalue weighted by Gasteiger charge is 2.19. The SMILES string of the molecule is CCOP(=O)(O)CC(C)=CC(=O)OC. The zero-order valence-electron chi connectivity index (χ0n) is 8.52. The van der Waals surface area contributed by atoms with Crippen LogP contribution in [-0.2, 0) is 18.6 Å².